The Hall–Kier alpha value is -8.42. The van der Waals surface area contributed by atoms with Crippen LogP contribution in [0.4, 0.5) is 25.2 Å². The molecule has 0 aliphatic carbocycles. The van der Waals surface area contributed by atoms with Crippen molar-refractivity contribution in [2.75, 3.05) is 49.1 Å². The number of aromatic nitrogens is 6. The summed E-state index contributed by atoms with van der Waals surface area (Å²) in [6.45, 7) is 27.2. The highest BCUT2D eigenvalue weighted by atomic mass is 35.5. The first kappa shape index (κ1) is 61.1. The number of para-hydroxylation sites is 2. The van der Waals surface area contributed by atoms with Crippen LogP contribution in [-0.4, -0.2) is 118 Å². The van der Waals surface area contributed by atoms with E-state index >= 15 is 8.78 Å². The fourth-order valence-electron chi connectivity index (χ4n) is 11.2. The number of anilines is 2. The third-order valence-corrected chi connectivity index (χ3v) is 15.8. The van der Waals surface area contributed by atoms with E-state index in [1.807, 2.05) is 122 Å². The molecule has 4 aromatic carbocycles. The maximum absolute atomic E-state index is 15.1. The Morgan fingerprint density at radius 2 is 1.05 bits per heavy atom. The lowest BCUT2D eigenvalue weighted by Gasteiger charge is -2.41. The van der Waals surface area contributed by atoms with Gasteiger partial charge in [0, 0.05) is 51.4 Å². The molecule has 21 heteroatoms. The monoisotopic (exact) mass is 1200 g/mol. The van der Waals surface area contributed by atoms with Crippen molar-refractivity contribution < 1.29 is 33.3 Å². The molecule has 8 aromatic rings. The predicted octanol–water partition coefficient (Wildman–Crippen LogP) is 12.4. The minimum Gasteiger partial charge on any atom is -0.507 e. The molecule has 85 heavy (non-hydrogen) atoms. The standard InChI is InChI=1S/C33H37ClFN5O4.C31H31ClFN5O3/c1-18(2)21-11-8-10-19(3)28(21)40-30-22(16-23(34)27(36-30)26-24(35)12-9-13-25(26)41)29(37-31(40)42)39-15-14-38(17-20(39)4)32(43)44-33(5,6)7;1-6-25(40)36-13-14-37(19(5)16-36)29-21-15-22(32)27(26-23(33)11-8-12-24(26)39)34-30(21)38(31(41)35-29)28-18(4)9-7-10-20(28)17(2)3/h8-13,16,18,20,41H,14-15,17H2,1-7H3;6-12,15,17,19,39H,1,13-14,16H2,2-5H3/t20-;19-/m00/s1. The van der Waals surface area contributed by atoms with Crippen LogP contribution in [0.3, 0.4) is 0 Å². The quantitative estimate of drug-likeness (QED) is 0.130. The number of ether oxygens (including phenoxy) is 1. The Bertz CT molecular complexity index is 4050. The molecule has 2 amide bonds. The summed E-state index contributed by atoms with van der Waals surface area (Å²) in [5.41, 5.74) is 3.18. The van der Waals surface area contributed by atoms with Crippen LogP contribution in [0, 0.1) is 25.5 Å². The van der Waals surface area contributed by atoms with E-state index < -0.39 is 34.7 Å². The van der Waals surface area contributed by atoms with Crippen molar-refractivity contribution in [3.8, 4) is 45.4 Å². The zero-order valence-corrected chi connectivity index (χ0v) is 50.9. The highest BCUT2D eigenvalue weighted by Gasteiger charge is 2.35. The SMILES string of the molecule is C=CC(=O)N1CCN(c2nc(=O)n(-c3c(C)cccc3C(C)C)c3nc(-c4c(O)cccc4F)c(Cl)cc23)[C@@H](C)C1.Cc1cccc(C(C)C)c1-n1c(=O)nc(N2CCN(C(=O)OC(C)(C)C)C[C@@H]2C)c2cc(Cl)c(-c3c(O)cccc3F)nc21. The normalized spacial score (nSPS) is 15.6. The number of rotatable bonds is 9. The van der Waals surface area contributed by atoms with Crippen LogP contribution in [-0.2, 0) is 9.53 Å². The van der Waals surface area contributed by atoms with Gasteiger partial charge in [-0.2, -0.15) is 9.97 Å². The Labute approximate surface area is 501 Å². The van der Waals surface area contributed by atoms with Gasteiger partial charge in [0.2, 0.25) is 5.91 Å². The van der Waals surface area contributed by atoms with Gasteiger partial charge in [-0.25, -0.2) is 42.3 Å². The summed E-state index contributed by atoms with van der Waals surface area (Å²) >= 11 is 13.5. The molecule has 2 atom stereocenters. The van der Waals surface area contributed by atoms with Gasteiger partial charge >= 0.3 is 17.5 Å². The van der Waals surface area contributed by atoms with E-state index in [-0.39, 0.29) is 85.2 Å². The summed E-state index contributed by atoms with van der Waals surface area (Å²) < 4.78 is 38.6. The summed E-state index contributed by atoms with van der Waals surface area (Å²) in [6.07, 6.45) is 0.881. The average Bonchev–Trinajstić information content (AvgIpc) is 1.38. The van der Waals surface area contributed by atoms with E-state index in [1.165, 1.54) is 51.6 Å². The van der Waals surface area contributed by atoms with Gasteiger partial charge < -0.3 is 34.5 Å². The molecule has 0 saturated carbocycles. The van der Waals surface area contributed by atoms with Gasteiger partial charge in [-0.1, -0.05) is 106 Å². The number of pyridine rings is 2. The minimum atomic E-state index is -0.701. The van der Waals surface area contributed by atoms with Gasteiger partial charge in [0.05, 0.1) is 54.7 Å². The Morgan fingerprint density at radius 3 is 1.42 bits per heavy atom. The molecule has 2 N–H and O–H groups in total. The van der Waals surface area contributed by atoms with Crippen LogP contribution < -0.4 is 21.2 Å². The van der Waals surface area contributed by atoms with E-state index in [2.05, 4.69) is 16.5 Å². The first-order chi connectivity index (χ1) is 40.2. The molecule has 0 bridgehead atoms. The predicted molar refractivity (Wildman–Crippen MR) is 330 cm³/mol. The number of amides is 2. The second kappa shape index (κ2) is 24.3. The molecule has 4 aromatic heterocycles. The lowest BCUT2D eigenvalue weighted by Crippen LogP contribution is -2.55. The second-order valence-electron chi connectivity index (χ2n) is 23.1. The molecule has 2 aliphatic rings. The van der Waals surface area contributed by atoms with Crippen LogP contribution in [0.15, 0.2) is 107 Å². The van der Waals surface area contributed by atoms with Crippen molar-refractivity contribution in [3.63, 3.8) is 0 Å². The summed E-state index contributed by atoms with van der Waals surface area (Å²) in [7, 11) is 0. The maximum Gasteiger partial charge on any atom is 0.410 e. The number of halogens is 4. The van der Waals surface area contributed by atoms with Crippen molar-refractivity contribution >= 4 is 68.9 Å². The molecule has 2 saturated heterocycles. The molecule has 10 rings (SSSR count). The molecular weight excluding hydrogens is 1130 g/mol. The smallest absolute Gasteiger partial charge is 0.410 e. The topological polar surface area (TPSA) is 192 Å². The van der Waals surface area contributed by atoms with Crippen LogP contribution >= 0.6 is 23.2 Å². The number of benzene rings is 4. The lowest BCUT2D eigenvalue weighted by atomic mass is 9.98. The van der Waals surface area contributed by atoms with Gasteiger partial charge in [-0.05, 0) is 125 Å². The molecule has 0 unspecified atom stereocenters. The minimum absolute atomic E-state index is 0.00235. The third kappa shape index (κ3) is 12.0. The Morgan fingerprint density at radius 1 is 0.647 bits per heavy atom. The van der Waals surface area contributed by atoms with Crippen LogP contribution in [0.25, 0.3) is 56.0 Å². The number of aromatic hydroxyl groups is 2. The Balaban J connectivity index is 0.000000204. The summed E-state index contributed by atoms with van der Waals surface area (Å²) in [6, 6.07) is 22.3. The fraction of sp³-hybridized carbons (Fsp3) is 0.344. The highest BCUT2D eigenvalue weighted by Crippen LogP contribution is 2.42. The van der Waals surface area contributed by atoms with Crippen molar-refractivity contribution in [2.45, 2.75) is 106 Å². The Kier molecular flexibility index (Phi) is 17.5. The number of carbonyl (C=O) groups excluding carboxylic acids is 2. The number of piperazine rings is 2. The van der Waals surface area contributed by atoms with E-state index in [4.69, 9.17) is 37.9 Å². The van der Waals surface area contributed by atoms with E-state index in [0.29, 0.717) is 73.1 Å². The van der Waals surface area contributed by atoms with Gasteiger partial charge in [0.15, 0.2) is 11.3 Å². The molecule has 17 nitrogen and oxygen atoms in total. The first-order valence-corrected chi connectivity index (χ1v) is 28.8. The van der Waals surface area contributed by atoms with Gasteiger partial charge in [-0.3, -0.25) is 4.79 Å². The van der Waals surface area contributed by atoms with Crippen LogP contribution in [0.2, 0.25) is 10.0 Å². The van der Waals surface area contributed by atoms with Crippen LogP contribution in [0.5, 0.6) is 11.5 Å². The zero-order valence-electron chi connectivity index (χ0n) is 49.3. The molecule has 2 aliphatic heterocycles. The third-order valence-electron chi connectivity index (χ3n) is 15.2. The summed E-state index contributed by atoms with van der Waals surface area (Å²) in [5, 5.41) is 22.3. The van der Waals surface area contributed by atoms with Crippen molar-refractivity contribution in [1.82, 2.24) is 38.9 Å². The van der Waals surface area contributed by atoms with E-state index in [9.17, 15) is 29.4 Å². The number of carbonyl (C=O) groups is 2. The van der Waals surface area contributed by atoms with Gasteiger partial charge in [0.1, 0.15) is 40.4 Å². The van der Waals surface area contributed by atoms with E-state index in [0.717, 1.165) is 22.3 Å². The van der Waals surface area contributed by atoms with Crippen molar-refractivity contribution in [1.29, 1.82) is 0 Å². The molecule has 0 spiro atoms. The zero-order chi connectivity index (χ0) is 61.7. The maximum atomic E-state index is 15.1. The molecule has 6 heterocycles. The summed E-state index contributed by atoms with van der Waals surface area (Å²) in [4.78, 5) is 79.0. The first-order valence-electron chi connectivity index (χ1n) is 28.1. The molecule has 444 valence electrons. The number of aryl methyl sites for hydroxylation is 2. The van der Waals surface area contributed by atoms with Gasteiger partial charge in [-0.15, -0.1) is 0 Å². The number of nitrogens with zero attached hydrogens (tertiary/aromatic N) is 10. The average molecular weight is 1200 g/mol. The second-order valence-corrected chi connectivity index (χ2v) is 23.9. The number of phenols is 2. The van der Waals surface area contributed by atoms with E-state index in [1.54, 1.807) is 21.9 Å². The van der Waals surface area contributed by atoms with Gasteiger partial charge in [0.25, 0.3) is 0 Å². The number of hydrogen-bond acceptors (Lipinski definition) is 13. The lowest BCUT2D eigenvalue weighted by molar-refractivity contribution is -0.126. The molecule has 0 radical (unpaired) electrons. The number of hydrogen-bond donors (Lipinski definition) is 2. The number of phenolic OH excluding ortho intramolecular Hbond substituents is 2. The summed E-state index contributed by atoms with van der Waals surface area (Å²) in [5.74, 6) is -1.34. The molecular formula is C64H68Cl2F2N10O7. The van der Waals surface area contributed by atoms with Crippen molar-refractivity contribution in [3.05, 3.63) is 162 Å². The fourth-order valence-corrected chi connectivity index (χ4v) is 11.7. The molecule has 2 fully saturated rings. The van der Waals surface area contributed by atoms with Crippen LogP contribution in [0.1, 0.15) is 96.4 Å². The van der Waals surface area contributed by atoms with Crippen molar-refractivity contribution in [2.24, 2.45) is 0 Å². The largest absolute Gasteiger partial charge is 0.507 e. The number of fused-ring (bicyclic) bond motifs is 2. The highest BCUT2D eigenvalue weighted by molar-refractivity contribution is 6.34.